The van der Waals surface area contributed by atoms with Gasteiger partial charge in [-0.15, -0.1) is 0 Å². The number of halogens is 3. The fourth-order valence-corrected chi connectivity index (χ4v) is 3.60. The molecule has 0 unspecified atom stereocenters. The Morgan fingerprint density at radius 1 is 1.03 bits per heavy atom. The van der Waals surface area contributed by atoms with E-state index in [0.29, 0.717) is 22.6 Å². The molecule has 0 aromatic heterocycles. The van der Waals surface area contributed by atoms with Crippen LogP contribution in [0.1, 0.15) is 27.8 Å². The fraction of sp³-hybridized carbons (Fsp3) is 0.160. The van der Waals surface area contributed by atoms with Gasteiger partial charge in [-0.25, -0.2) is 0 Å². The Balaban J connectivity index is 1.62. The Labute approximate surface area is 177 Å². The van der Waals surface area contributed by atoms with Crippen LogP contribution in [-0.2, 0) is 17.6 Å². The van der Waals surface area contributed by atoms with E-state index in [0.717, 1.165) is 29.1 Å². The van der Waals surface area contributed by atoms with Gasteiger partial charge in [0, 0.05) is 28.3 Å². The van der Waals surface area contributed by atoms with Crippen LogP contribution in [0.15, 0.2) is 72.3 Å². The summed E-state index contributed by atoms with van der Waals surface area (Å²) in [5, 5.41) is 0. The molecule has 0 bridgehead atoms. The Kier molecular flexibility index (Phi) is 5.55. The van der Waals surface area contributed by atoms with Crippen molar-refractivity contribution in [3.05, 3.63) is 100 Å². The molecule has 6 heteroatoms. The van der Waals surface area contributed by atoms with Crippen molar-refractivity contribution in [3.63, 3.8) is 0 Å². The first-order chi connectivity index (χ1) is 14.9. The van der Waals surface area contributed by atoms with E-state index >= 15 is 0 Å². The van der Waals surface area contributed by atoms with Crippen LogP contribution in [0.4, 0.5) is 13.2 Å². The van der Waals surface area contributed by atoms with Gasteiger partial charge in [0.15, 0.2) is 0 Å². The van der Waals surface area contributed by atoms with Crippen LogP contribution in [0.2, 0.25) is 0 Å². The molecule has 1 aliphatic heterocycles. The van der Waals surface area contributed by atoms with Gasteiger partial charge in [-0.1, -0.05) is 48.0 Å². The van der Waals surface area contributed by atoms with Crippen molar-refractivity contribution in [1.29, 1.82) is 0 Å². The number of benzene rings is 3. The van der Waals surface area contributed by atoms with Crippen molar-refractivity contribution in [2.24, 2.45) is 0 Å². The summed E-state index contributed by atoms with van der Waals surface area (Å²) in [5.41, 5.74) is 2.82. The minimum atomic E-state index is -4.45. The highest BCUT2D eigenvalue weighted by atomic mass is 19.4. The molecular formula is C25H19F3O3. The molecule has 0 N–H and O–H groups in total. The van der Waals surface area contributed by atoms with Gasteiger partial charge in [0.05, 0.1) is 5.56 Å². The minimum absolute atomic E-state index is 0.0600. The second-order valence-electron chi connectivity index (χ2n) is 7.28. The zero-order valence-corrected chi connectivity index (χ0v) is 16.7. The molecule has 0 atom stereocenters. The molecule has 4 rings (SSSR count). The first kappa shape index (κ1) is 20.7. The van der Waals surface area contributed by atoms with Crippen LogP contribution in [-0.4, -0.2) is 12.9 Å². The summed E-state index contributed by atoms with van der Waals surface area (Å²) < 4.78 is 51.4. The summed E-state index contributed by atoms with van der Waals surface area (Å²) >= 11 is 0. The quantitative estimate of drug-likeness (QED) is 0.472. The zero-order chi connectivity index (χ0) is 22.0. The Morgan fingerprint density at radius 3 is 2.52 bits per heavy atom. The Hall–Kier alpha value is -3.54. The van der Waals surface area contributed by atoms with Crippen molar-refractivity contribution in [1.82, 2.24) is 0 Å². The third kappa shape index (κ3) is 4.33. The predicted molar refractivity (Wildman–Crippen MR) is 111 cm³/mol. The number of hydrogen-bond acceptors (Lipinski definition) is 3. The van der Waals surface area contributed by atoms with Crippen molar-refractivity contribution in [2.75, 3.05) is 6.61 Å². The molecule has 3 aromatic carbocycles. The molecule has 0 radical (unpaired) electrons. The summed E-state index contributed by atoms with van der Waals surface area (Å²) in [4.78, 5) is 11.6. The molecule has 0 aliphatic carbocycles. The van der Waals surface area contributed by atoms with Crippen LogP contribution in [0.5, 0.6) is 11.5 Å². The second kappa shape index (κ2) is 8.30. The maximum atomic E-state index is 13.3. The highest BCUT2D eigenvalue weighted by Gasteiger charge is 2.33. The van der Waals surface area contributed by atoms with Gasteiger partial charge in [-0.2, -0.15) is 13.2 Å². The van der Waals surface area contributed by atoms with Gasteiger partial charge in [-0.3, -0.25) is 4.79 Å². The van der Waals surface area contributed by atoms with E-state index in [4.69, 9.17) is 9.47 Å². The molecule has 31 heavy (non-hydrogen) atoms. The lowest BCUT2D eigenvalue weighted by molar-refractivity contribution is -0.138. The van der Waals surface area contributed by atoms with Gasteiger partial charge in [0.2, 0.25) is 0 Å². The number of aldehydes is 1. The normalized spacial score (nSPS) is 13.4. The average Bonchev–Trinajstić information content (AvgIpc) is 2.77. The maximum absolute atomic E-state index is 13.3. The first-order valence-electron chi connectivity index (χ1n) is 9.67. The third-order valence-corrected chi connectivity index (χ3v) is 5.10. The van der Waals surface area contributed by atoms with E-state index < -0.39 is 11.7 Å². The lowest BCUT2D eigenvalue weighted by atomic mass is 9.91. The monoisotopic (exact) mass is 424 g/mol. The molecule has 0 amide bonds. The summed E-state index contributed by atoms with van der Waals surface area (Å²) in [6.07, 6.45) is -3.67. The number of fused-ring (bicyclic) bond motifs is 1. The van der Waals surface area contributed by atoms with Gasteiger partial charge in [0.25, 0.3) is 0 Å². The van der Waals surface area contributed by atoms with Crippen LogP contribution >= 0.6 is 0 Å². The minimum Gasteiger partial charge on any atom is -0.489 e. The SMILES string of the molecule is Cc1ccc(COc2ccc3c(c2)OCC(C=O)=C3c2ccccc2)c(C(F)(F)F)c1. The van der Waals surface area contributed by atoms with E-state index in [1.165, 1.54) is 6.07 Å². The van der Waals surface area contributed by atoms with Crippen molar-refractivity contribution in [3.8, 4) is 11.5 Å². The van der Waals surface area contributed by atoms with Crippen LogP contribution < -0.4 is 9.47 Å². The van der Waals surface area contributed by atoms with Crippen molar-refractivity contribution >= 4 is 11.9 Å². The molecule has 0 fully saturated rings. The van der Waals surface area contributed by atoms with E-state index in [-0.39, 0.29) is 18.8 Å². The molecular weight excluding hydrogens is 405 g/mol. The fourth-order valence-electron chi connectivity index (χ4n) is 3.60. The number of ether oxygens (including phenoxy) is 2. The summed E-state index contributed by atoms with van der Waals surface area (Å²) in [6.45, 7) is 1.50. The number of hydrogen-bond donors (Lipinski definition) is 0. The van der Waals surface area contributed by atoms with E-state index in [1.807, 2.05) is 30.3 Å². The molecule has 3 aromatic rings. The molecule has 1 heterocycles. The Bertz CT molecular complexity index is 1150. The summed E-state index contributed by atoms with van der Waals surface area (Å²) in [7, 11) is 0. The Morgan fingerprint density at radius 2 is 1.81 bits per heavy atom. The topological polar surface area (TPSA) is 35.5 Å². The number of aryl methyl sites for hydroxylation is 1. The smallest absolute Gasteiger partial charge is 0.416 e. The average molecular weight is 424 g/mol. The highest BCUT2D eigenvalue weighted by Crippen LogP contribution is 2.39. The summed E-state index contributed by atoms with van der Waals surface area (Å²) in [5.74, 6) is 0.899. The molecule has 158 valence electrons. The predicted octanol–water partition coefficient (Wildman–Crippen LogP) is 5.99. The molecule has 3 nitrogen and oxygen atoms in total. The number of alkyl halides is 3. The molecule has 0 saturated heterocycles. The molecule has 0 saturated carbocycles. The zero-order valence-electron chi connectivity index (χ0n) is 16.7. The van der Waals surface area contributed by atoms with Crippen LogP contribution in [0.3, 0.4) is 0 Å². The van der Waals surface area contributed by atoms with Gasteiger partial charge in [-0.05, 0) is 30.7 Å². The van der Waals surface area contributed by atoms with E-state index in [1.54, 1.807) is 31.2 Å². The summed E-state index contributed by atoms with van der Waals surface area (Å²) in [6, 6.07) is 18.7. The molecule has 0 spiro atoms. The van der Waals surface area contributed by atoms with Crippen LogP contribution in [0, 0.1) is 6.92 Å². The number of carbonyl (C=O) groups is 1. The van der Waals surface area contributed by atoms with E-state index in [9.17, 15) is 18.0 Å². The van der Waals surface area contributed by atoms with Crippen molar-refractivity contribution < 1.29 is 27.4 Å². The van der Waals surface area contributed by atoms with Crippen LogP contribution in [0.25, 0.3) is 5.57 Å². The number of carbonyl (C=O) groups excluding carboxylic acids is 1. The first-order valence-corrected chi connectivity index (χ1v) is 9.67. The largest absolute Gasteiger partial charge is 0.489 e. The third-order valence-electron chi connectivity index (χ3n) is 5.10. The van der Waals surface area contributed by atoms with Crippen molar-refractivity contribution in [2.45, 2.75) is 19.7 Å². The number of rotatable bonds is 5. The van der Waals surface area contributed by atoms with E-state index in [2.05, 4.69) is 0 Å². The molecule has 1 aliphatic rings. The van der Waals surface area contributed by atoms with Gasteiger partial charge < -0.3 is 9.47 Å². The maximum Gasteiger partial charge on any atom is 0.416 e. The van der Waals surface area contributed by atoms with Gasteiger partial charge >= 0.3 is 6.18 Å². The van der Waals surface area contributed by atoms with Gasteiger partial charge in [0.1, 0.15) is 31.0 Å². The lowest BCUT2D eigenvalue weighted by Gasteiger charge is -2.23. The lowest BCUT2D eigenvalue weighted by Crippen LogP contribution is -2.13. The standard InChI is InChI=1S/C25H19F3O3/c1-16-7-8-18(22(11-16)25(26,27)28)14-30-20-9-10-21-23(12-20)31-15-19(13-29)24(21)17-5-3-2-4-6-17/h2-13H,14-15H2,1H3. The second-order valence-corrected chi connectivity index (χ2v) is 7.28. The highest BCUT2D eigenvalue weighted by molar-refractivity contribution is 5.97.